The van der Waals surface area contributed by atoms with E-state index in [-0.39, 0.29) is 0 Å². The third-order valence-corrected chi connectivity index (χ3v) is 5.70. The summed E-state index contributed by atoms with van der Waals surface area (Å²) in [6.07, 6.45) is 10.5. The normalized spacial score (nSPS) is 28.3. The van der Waals surface area contributed by atoms with Crippen molar-refractivity contribution in [3.63, 3.8) is 0 Å². The summed E-state index contributed by atoms with van der Waals surface area (Å²) < 4.78 is 5.93. The Bertz CT molecular complexity index is 425. The molecule has 3 aliphatic rings. The van der Waals surface area contributed by atoms with Gasteiger partial charge in [0.05, 0.1) is 17.8 Å². The van der Waals surface area contributed by atoms with E-state index in [4.69, 9.17) is 9.72 Å². The van der Waals surface area contributed by atoms with Gasteiger partial charge in [-0.1, -0.05) is 0 Å². The van der Waals surface area contributed by atoms with Gasteiger partial charge in [-0.2, -0.15) is 0 Å². The molecular formula is C15H22N2OS. The molecule has 1 saturated heterocycles. The molecule has 0 spiro atoms. The number of hydrogen-bond acceptors (Lipinski definition) is 4. The van der Waals surface area contributed by atoms with Crippen LogP contribution in [0.5, 0.6) is 0 Å². The van der Waals surface area contributed by atoms with Crippen molar-refractivity contribution in [2.24, 2.45) is 0 Å². The minimum Gasteiger partial charge on any atom is -0.376 e. The predicted molar refractivity (Wildman–Crippen MR) is 76.6 cm³/mol. The van der Waals surface area contributed by atoms with Gasteiger partial charge in [-0.15, -0.1) is 11.3 Å². The Morgan fingerprint density at radius 1 is 1.16 bits per heavy atom. The number of ether oxygens (including phenoxy) is 1. The highest BCUT2D eigenvalue weighted by molar-refractivity contribution is 7.11. The van der Waals surface area contributed by atoms with Crippen LogP contribution in [0, 0.1) is 0 Å². The maximum Gasteiger partial charge on any atom is 0.113 e. The van der Waals surface area contributed by atoms with Gasteiger partial charge >= 0.3 is 0 Å². The van der Waals surface area contributed by atoms with Gasteiger partial charge in [0.25, 0.3) is 0 Å². The summed E-state index contributed by atoms with van der Waals surface area (Å²) in [6.45, 7) is 0.929. The Labute approximate surface area is 118 Å². The monoisotopic (exact) mass is 278 g/mol. The zero-order valence-corrected chi connectivity index (χ0v) is 12.2. The highest BCUT2D eigenvalue weighted by atomic mass is 32.1. The van der Waals surface area contributed by atoms with Crippen molar-refractivity contribution in [1.29, 1.82) is 0 Å². The average molecular weight is 278 g/mol. The quantitative estimate of drug-likeness (QED) is 0.919. The first-order valence-electron chi connectivity index (χ1n) is 7.76. The highest BCUT2D eigenvalue weighted by Gasteiger charge is 2.35. The maximum absolute atomic E-state index is 5.93. The second kappa shape index (κ2) is 5.15. The minimum atomic E-state index is 0.352. The molecule has 2 atom stereocenters. The summed E-state index contributed by atoms with van der Waals surface area (Å²) in [5.74, 6) is 0. The van der Waals surface area contributed by atoms with Gasteiger partial charge in [-0.05, 0) is 51.4 Å². The Morgan fingerprint density at radius 2 is 2.05 bits per heavy atom. The zero-order valence-electron chi connectivity index (χ0n) is 11.4. The Balaban J connectivity index is 1.59. The molecule has 1 saturated carbocycles. The van der Waals surface area contributed by atoms with Gasteiger partial charge in [-0.25, -0.2) is 4.98 Å². The van der Waals surface area contributed by atoms with Crippen molar-refractivity contribution in [1.82, 2.24) is 10.3 Å². The second-order valence-corrected chi connectivity index (χ2v) is 7.21. The van der Waals surface area contributed by atoms with Crippen molar-refractivity contribution >= 4 is 11.3 Å². The van der Waals surface area contributed by atoms with Crippen LogP contribution in [0.4, 0.5) is 0 Å². The van der Waals surface area contributed by atoms with E-state index in [1.165, 1.54) is 62.1 Å². The molecule has 0 bridgehead atoms. The number of fused-ring (bicyclic) bond motifs is 1. The van der Waals surface area contributed by atoms with Crippen molar-refractivity contribution in [3.05, 3.63) is 15.6 Å². The van der Waals surface area contributed by atoms with E-state index in [0.717, 1.165) is 12.6 Å². The first kappa shape index (κ1) is 12.3. The molecule has 2 fully saturated rings. The van der Waals surface area contributed by atoms with Gasteiger partial charge in [0.1, 0.15) is 5.01 Å². The van der Waals surface area contributed by atoms with Crippen LogP contribution in [0.2, 0.25) is 0 Å². The van der Waals surface area contributed by atoms with E-state index in [9.17, 15) is 0 Å². The number of hydrogen-bond donors (Lipinski definition) is 1. The second-order valence-electron chi connectivity index (χ2n) is 6.10. The van der Waals surface area contributed by atoms with Crippen LogP contribution in [0.15, 0.2) is 0 Å². The van der Waals surface area contributed by atoms with Crippen LogP contribution in [-0.2, 0) is 17.6 Å². The Hall–Kier alpha value is -0.450. The number of rotatable bonds is 4. The van der Waals surface area contributed by atoms with Gasteiger partial charge in [0.2, 0.25) is 0 Å². The van der Waals surface area contributed by atoms with Gasteiger partial charge in [-0.3, -0.25) is 0 Å². The molecule has 19 heavy (non-hydrogen) atoms. The topological polar surface area (TPSA) is 34.1 Å². The first-order valence-corrected chi connectivity index (χ1v) is 8.58. The number of nitrogens with one attached hydrogen (secondary N) is 1. The van der Waals surface area contributed by atoms with E-state index in [1.54, 1.807) is 4.88 Å². The SMILES string of the molecule is C1CCc2sc(C(NC3CC3)C3CCCO3)nc2C1. The van der Waals surface area contributed by atoms with Crippen LogP contribution >= 0.6 is 11.3 Å². The molecule has 3 nitrogen and oxygen atoms in total. The lowest BCUT2D eigenvalue weighted by Gasteiger charge is -2.22. The highest BCUT2D eigenvalue weighted by Crippen LogP contribution is 2.36. The number of thiazole rings is 1. The smallest absolute Gasteiger partial charge is 0.113 e. The van der Waals surface area contributed by atoms with Crippen LogP contribution in [0.1, 0.15) is 60.1 Å². The zero-order chi connectivity index (χ0) is 12.7. The van der Waals surface area contributed by atoms with E-state index in [2.05, 4.69) is 5.32 Å². The summed E-state index contributed by atoms with van der Waals surface area (Å²) in [5, 5.41) is 5.08. The fourth-order valence-corrected chi connectivity index (χ4v) is 4.48. The fourth-order valence-electron chi connectivity index (χ4n) is 3.21. The first-order chi connectivity index (χ1) is 9.40. The molecule has 4 rings (SSSR count). The van der Waals surface area contributed by atoms with Crippen molar-refractivity contribution < 1.29 is 4.74 Å². The molecule has 1 N–H and O–H groups in total. The van der Waals surface area contributed by atoms with Crippen molar-refractivity contribution in [3.8, 4) is 0 Å². The molecular weight excluding hydrogens is 256 g/mol. The lowest BCUT2D eigenvalue weighted by atomic mass is 10.0. The molecule has 2 aliphatic carbocycles. The van der Waals surface area contributed by atoms with Crippen LogP contribution in [0.25, 0.3) is 0 Å². The van der Waals surface area contributed by atoms with Crippen LogP contribution < -0.4 is 5.32 Å². The molecule has 104 valence electrons. The van der Waals surface area contributed by atoms with Gasteiger partial charge in [0.15, 0.2) is 0 Å². The summed E-state index contributed by atoms with van der Waals surface area (Å²) in [7, 11) is 0. The van der Waals surface area contributed by atoms with Crippen LogP contribution in [0.3, 0.4) is 0 Å². The number of aryl methyl sites for hydroxylation is 2. The van der Waals surface area contributed by atoms with E-state index < -0.39 is 0 Å². The Morgan fingerprint density at radius 3 is 2.79 bits per heavy atom. The largest absolute Gasteiger partial charge is 0.376 e. The lowest BCUT2D eigenvalue weighted by molar-refractivity contribution is 0.0774. The molecule has 1 aliphatic heterocycles. The maximum atomic E-state index is 5.93. The van der Waals surface area contributed by atoms with Gasteiger partial charge in [0, 0.05) is 17.5 Å². The molecule has 2 heterocycles. The third-order valence-electron chi connectivity index (χ3n) is 4.46. The summed E-state index contributed by atoms with van der Waals surface area (Å²) in [5.41, 5.74) is 1.38. The van der Waals surface area contributed by atoms with E-state index >= 15 is 0 Å². The molecule has 0 radical (unpaired) electrons. The third kappa shape index (κ3) is 2.58. The number of nitrogens with zero attached hydrogens (tertiary/aromatic N) is 1. The van der Waals surface area contributed by atoms with Crippen molar-refractivity contribution in [2.45, 2.75) is 69.6 Å². The fraction of sp³-hybridized carbons (Fsp3) is 0.800. The van der Waals surface area contributed by atoms with Gasteiger partial charge < -0.3 is 10.1 Å². The predicted octanol–water partition coefficient (Wildman–Crippen LogP) is 2.99. The summed E-state index contributed by atoms with van der Waals surface area (Å²) in [6, 6.07) is 1.07. The Kier molecular flexibility index (Phi) is 3.34. The summed E-state index contributed by atoms with van der Waals surface area (Å²) >= 11 is 1.95. The molecule has 1 aromatic rings. The van der Waals surface area contributed by atoms with Crippen LogP contribution in [-0.4, -0.2) is 23.7 Å². The van der Waals surface area contributed by atoms with E-state index in [1.807, 2.05) is 11.3 Å². The molecule has 0 amide bonds. The van der Waals surface area contributed by atoms with Crippen molar-refractivity contribution in [2.75, 3.05) is 6.61 Å². The average Bonchev–Trinajstić information content (AvgIpc) is 2.95. The lowest BCUT2D eigenvalue weighted by Crippen LogP contribution is -2.33. The standard InChI is InChI=1S/C15H22N2OS/c1-2-6-13-11(4-1)17-15(19-13)14(16-10-7-8-10)12-5-3-9-18-12/h10,12,14,16H,1-9H2. The van der Waals surface area contributed by atoms with E-state index in [0.29, 0.717) is 12.1 Å². The molecule has 2 unspecified atom stereocenters. The number of aromatic nitrogens is 1. The minimum absolute atomic E-state index is 0.352. The molecule has 0 aromatic carbocycles. The molecule has 1 aromatic heterocycles. The molecule has 4 heteroatoms. The summed E-state index contributed by atoms with van der Waals surface area (Å²) in [4.78, 5) is 6.50.